The summed E-state index contributed by atoms with van der Waals surface area (Å²) >= 11 is 1.66. The number of hydrogen-bond donors (Lipinski definition) is 2. The summed E-state index contributed by atoms with van der Waals surface area (Å²) in [5.41, 5.74) is 1.05. The van der Waals surface area contributed by atoms with E-state index in [1.807, 2.05) is 6.92 Å². The number of aromatic nitrogens is 1. The summed E-state index contributed by atoms with van der Waals surface area (Å²) in [6.07, 6.45) is 0.983. The largest absolute Gasteiger partial charge is 0.378 e. The minimum Gasteiger partial charge on any atom is -0.378 e. The van der Waals surface area contributed by atoms with Gasteiger partial charge in [0, 0.05) is 36.2 Å². The van der Waals surface area contributed by atoms with Gasteiger partial charge in [-0.25, -0.2) is 9.98 Å². The lowest BCUT2D eigenvalue weighted by Crippen LogP contribution is -2.69. The SMILES string of the molecule is CCNC(=NCc1nc(C)cs1)NC1CC(C)(OC)C1(C)C. The first kappa shape index (κ1) is 17.2. The van der Waals surface area contributed by atoms with Crippen molar-refractivity contribution >= 4 is 17.3 Å². The van der Waals surface area contributed by atoms with E-state index < -0.39 is 0 Å². The number of methoxy groups -OCH3 is 1. The second-order valence-corrected chi connectivity index (χ2v) is 7.58. The van der Waals surface area contributed by atoms with Crippen LogP contribution in [0.25, 0.3) is 0 Å². The third-order valence-corrected chi connectivity index (χ3v) is 5.92. The van der Waals surface area contributed by atoms with Gasteiger partial charge in [-0.3, -0.25) is 0 Å². The molecule has 6 heteroatoms. The first-order chi connectivity index (χ1) is 10.3. The molecule has 1 aromatic rings. The van der Waals surface area contributed by atoms with E-state index in [4.69, 9.17) is 4.74 Å². The van der Waals surface area contributed by atoms with Crippen LogP contribution in [0.5, 0.6) is 0 Å². The van der Waals surface area contributed by atoms with Gasteiger partial charge >= 0.3 is 0 Å². The van der Waals surface area contributed by atoms with Crippen molar-refractivity contribution in [3.8, 4) is 0 Å². The van der Waals surface area contributed by atoms with E-state index in [1.165, 1.54) is 0 Å². The maximum Gasteiger partial charge on any atom is 0.191 e. The number of aliphatic imine (C=N–C) groups is 1. The zero-order valence-electron chi connectivity index (χ0n) is 14.5. The lowest BCUT2D eigenvalue weighted by atomic mass is 9.56. The van der Waals surface area contributed by atoms with Crippen LogP contribution in [0.3, 0.4) is 0 Å². The average molecular weight is 324 g/mol. The molecule has 1 aliphatic rings. The van der Waals surface area contributed by atoms with Gasteiger partial charge in [0.2, 0.25) is 0 Å². The lowest BCUT2D eigenvalue weighted by Gasteiger charge is -2.59. The predicted octanol–water partition coefficient (Wildman–Crippen LogP) is 2.71. The topological polar surface area (TPSA) is 58.5 Å². The summed E-state index contributed by atoms with van der Waals surface area (Å²) in [7, 11) is 1.79. The lowest BCUT2D eigenvalue weighted by molar-refractivity contribution is -0.176. The highest BCUT2D eigenvalue weighted by molar-refractivity contribution is 7.09. The highest BCUT2D eigenvalue weighted by Gasteiger charge is 2.58. The predicted molar refractivity (Wildman–Crippen MR) is 92.4 cm³/mol. The Bertz CT molecular complexity index is 540. The van der Waals surface area contributed by atoms with Crippen LogP contribution >= 0.6 is 11.3 Å². The molecule has 0 radical (unpaired) electrons. The number of rotatable bonds is 5. The summed E-state index contributed by atoms with van der Waals surface area (Å²) in [6.45, 7) is 12.2. The molecule has 0 amide bonds. The van der Waals surface area contributed by atoms with Gasteiger partial charge in [-0.1, -0.05) is 13.8 Å². The fraction of sp³-hybridized carbons (Fsp3) is 0.750. The Morgan fingerprint density at radius 3 is 2.73 bits per heavy atom. The minimum absolute atomic E-state index is 0.0652. The van der Waals surface area contributed by atoms with Crippen molar-refractivity contribution in [2.75, 3.05) is 13.7 Å². The molecule has 0 bridgehead atoms. The van der Waals surface area contributed by atoms with Gasteiger partial charge < -0.3 is 15.4 Å². The Kier molecular flexibility index (Phi) is 5.12. The van der Waals surface area contributed by atoms with E-state index in [-0.39, 0.29) is 11.0 Å². The zero-order chi connectivity index (χ0) is 16.4. The fourth-order valence-corrected chi connectivity index (χ4v) is 3.53. The van der Waals surface area contributed by atoms with Gasteiger partial charge in [-0.15, -0.1) is 11.3 Å². The van der Waals surface area contributed by atoms with Crippen molar-refractivity contribution in [2.45, 2.75) is 59.2 Å². The Morgan fingerprint density at radius 1 is 1.50 bits per heavy atom. The number of thiazole rings is 1. The number of nitrogens with one attached hydrogen (secondary N) is 2. The molecule has 2 rings (SSSR count). The monoisotopic (exact) mass is 324 g/mol. The Balaban J connectivity index is 2.00. The molecular formula is C16H28N4OS. The smallest absolute Gasteiger partial charge is 0.191 e. The molecule has 2 N–H and O–H groups in total. The van der Waals surface area contributed by atoms with Gasteiger partial charge in [0.05, 0.1) is 12.1 Å². The van der Waals surface area contributed by atoms with Crippen molar-refractivity contribution in [1.29, 1.82) is 0 Å². The molecule has 1 heterocycles. The molecule has 1 aliphatic carbocycles. The molecule has 0 aromatic carbocycles. The van der Waals surface area contributed by atoms with Crippen molar-refractivity contribution in [1.82, 2.24) is 15.6 Å². The van der Waals surface area contributed by atoms with Crippen LogP contribution in [0.15, 0.2) is 10.4 Å². The molecule has 1 fully saturated rings. The van der Waals surface area contributed by atoms with Gasteiger partial charge in [0.1, 0.15) is 5.01 Å². The molecule has 2 atom stereocenters. The van der Waals surface area contributed by atoms with Crippen LogP contribution in [0.2, 0.25) is 0 Å². The molecule has 1 saturated carbocycles. The van der Waals surface area contributed by atoms with Crippen molar-refractivity contribution in [3.05, 3.63) is 16.1 Å². The van der Waals surface area contributed by atoms with E-state index in [1.54, 1.807) is 18.4 Å². The van der Waals surface area contributed by atoms with E-state index in [0.717, 1.165) is 29.6 Å². The summed E-state index contributed by atoms with van der Waals surface area (Å²) in [5, 5.41) is 9.97. The summed E-state index contributed by atoms with van der Waals surface area (Å²) in [5.74, 6) is 0.853. The fourth-order valence-electron chi connectivity index (χ4n) is 2.83. The molecule has 124 valence electrons. The first-order valence-electron chi connectivity index (χ1n) is 7.83. The number of nitrogens with zero attached hydrogens (tertiary/aromatic N) is 2. The van der Waals surface area contributed by atoms with Crippen molar-refractivity contribution in [3.63, 3.8) is 0 Å². The maximum atomic E-state index is 5.68. The van der Waals surface area contributed by atoms with Crippen molar-refractivity contribution in [2.24, 2.45) is 10.4 Å². The molecule has 22 heavy (non-hydrogen) atoms. The standard InChI is InChI=1S/C16H28N4OS/c1-7-17-14(18-9-13-19-11(2)10-22-13)20-12-8-16(5,21-6)15(12,3)4/h10,12H,7-9H2,1-6H3,(H2,17,18,20). The van der Waals surface area contributed by atoms with E-state index in [0.29, 0.717) is 12.6 Å². The third-order valence-electron chi connectivity index (χ3n) is 4.97. The maximum absolute atomic E-state index is 5.68. The third kappa shape index (κ3) is 3.27. The van der Waals surface area contributed by atoms with E-state index in [2.05, 4.69) is 53.7 Å². The zero-order valence-corrected chi connectivity index (χ0v) is 15.3. The first-order valence-corrected chi connectivity index (χ1v) is 8.71. The highest BCUT2D eigenvalue weighted by atomic mass is 32.1. The molecule has 0 saturated heterocycles. The van der Waals surface area contributed by atoms with Crippen LogP contribution in [-0.2, 0) is 11.3 Å². The normalized spacial score (nSPS) is 27.4. The minimum atomic E-state index is -0.0750. The quantitative estimate of drug-likeness (QED) is 0.646. The molecule has 0 aliphatic heterocycles. The van der Waals surface area contributed by atoms with Gasteiger partial charge in [0.25, 0.3) is 0 Å². The summed E-state index contributed by atoms with van der Waals surface area (Å²) < 4.78 is 5.68. The number of aryl methyl sites for hydroxylation is 1. The van der Waals surface area contributed by atoms with E-state index in [9.17, 15) is 0 Å². The second-order valence-electron chi connectivity index (χ2n) is 6.64. The molecule has 1 aromatic heterocycles. The number of guanidine groups is 1. The molecule has 0 spiro atoms. The van der Waals surface area contributed by atoms with Crippen LogP contribution in [0.4, 0.5) is 0 Å². The molecular weight excluding hydrogens is 296 g/mol. The van der Waals surface area contributed by atoms with Gasteiger partial charge in [0.15, 0.2) is 5.96 Å². The summed E-state index contributed by atoms with van der Waals surface area (Å²) in [6, 6.07) is 0.355. The van der Waals surface area contributed by atoms with Crippen LogP contribution in [0, 0.1) is 12.3 Å². The Labute approximate surface area is 137 Å². The molecule has 5 nitrogen and oxygen atoms in total. The second kappa shape index (κ2) is 6.54. The summed E-state index contributed by atoms with van der Waals surface area (Å²) in [4.78, 5) is 9.12. The Morgan fingerprint density at radius 2 is 2.23 bits per heavy atom. The van der Waals surface area contributed by atoms with Crippen LogP contribution < -0.4 is 10.6 Å². The van der Waals surface area contributed by atoms with Gasteiger partial charge in [-0.2, -0.15) is 0 Å². The van der Waals surface area contributed by atoms with E-state index >= 15 is 0 Å². The van der Waals surface area contributed by atoms with Crippen molar-refractivity contribution < 1.29 is 4.74 Å². The van der Waals surface area contributed by atoms with Gasteiger partial charge in [-0.05, 0) is 27.2 Å². The number of hydrogen-bond acceptors (Lipinski definition) is 4. The van der Waals surface area contributed by atoms with Crippen LogP contribution in [-0.4, -0.2) is 36.2 Å². The Hall–Kier alpha value is -1.14. The van der Waals surface area contributed by atoms with Crippen LogP contribution in [0.1, 0.15) is 44.8 Å². The molecule has 2 unspecified atom stereocenters. The number of ether oxygens (including phenoxy) is 1. The average Bonchev–Trinajstić information content (AvgIpc) is 2.89. The highest BCUT2D eigenvalue weighted by Crippen LogP contribution is 2.51.